The number of hydrogen-bond donors (Lipinski definition) is 2. The molecule has 0 saturated carbocycles. The van der Waals surface area contributed by atoms with E-state index in [-0.39, 0.29) is 0 Å². The molecule has 3 rings (SSSR count). The molecule has 1 aromatic carbocycles. The highest BCUT2D eigenvalue weighted by Crippen LogP contribution is 2.26. The van der Waals surface area contributed by atoms with Gasteiger partial charge in [-0.1, -0.05) is 12.1 Å². The standard InChI is InChI=1S/C15H20N4/c16-14-3-1-2-12(10-14)11-19-8-4-13(5-9-19)15-17-6-7-18-15/h1-3,6-7,10,13H,4-5,8-9,11,16H2,(H,17,18). The maximum absolute atomic E-state index is 5.82. The number of aromatic amines is 1. The van der Waals surface area contributed by atoms with Crippen LogP contribution in [-0.4, -0.2) is 28.0 Å². The molecule has 4 heteroatoms. The van der Waals surface area contributed by atoms with Gasteiger partial charge in [0, 0.05) is 30.5 Å². The Kier molecular flexibility index (Phi) is 3.51. The van der Waals surface area contributed by atoms with Gasteiger partial charge in [-0.05, 0) is 43.6 Å². The molecule has 0 unspecified atom stereocenters. The number of nitrogens with one attached hydrogen (secondary N) is 1. The summed E-state index contributed by atoms with van der Waals surface area (Å²) in [7, 11) is 0. The number of H-pyrrole nitrogens is 1. The van der Waals surface area contributed by atoms with E-state index >= 15 is 0 Å². The fourth-order valence-electron chi connectivity index (χ4n) is 2.81. The van der Waals surface area contributed by atoms with Gasteiger partial charge < -0.3 is 10.7 Å². The lowest BCUT2D eigenvalue weighted by molar-refractivity contribution is 0.202. The normalized spacial score (nSPS) is 17.7. The molecule has 1 aromatic heterocycles. The lowest BCUT2D eigenvalue weighted by atomic mass is 9.96. The molecule has 3 N–H and O–H groups in total. The molecule has 0 atom stereocenters. The Bertz CT molecular complexity index is 513. The Morgan fingerprint density at radius 3 is 2.84 bits per heavy atom. The largest absolute Gasteiger partial charge is 0.399 e. The van der Waals surface area contributed by atoms with Crippen molar-refractivity contribution in [2.75, 3.05) is 18.8 Å². The van der Waals surface area contributed by atoms with E-state index in [9.17, 15) is 0 Å². The minimum absolute atomic E-state index is 0.590. The first-order chi connectivity index (χ1) is 9.31. The summed E-state index contributed by atoms with van der Waals surface area (Å²) in [4.78, 5) is 10.1. The number of hydrogen-bond acceptors (Lipinski definition) is 3. The zero-order chi connectivity index (χ0) is 13.1. The van der Waals surface area contributed by atoms with Gasteiger partial charge in [-0.3, -0.25) is 4.90 Å². The number of nitrogen functional groups attached to an aromatic ring is 1. The maximum Gasteiger partial charge on any atom is 0.109 e. The number of benzene rings is 1. The quantitative estimate of drug-likeness (QED) is 0.829. The highest BCUT2D eigenvalue weighted by molar-refractivity contribution is 5.40. The highest BCUT2D eigenvalue weighted by atomic mass is 15.1. The van der Waals surface area contributed by atoms with E-state index in [0.717, 1.165) is 31.1 Å². The van der Waals surface area contributed by atoms with Gasteiger partial charge in [0.05, 0.1) is 0 Å². The molecule has 0 amide bonds. The summed E-state index contributed by atoms with van der Waals surface area (Å²) in [6.07, 6.45) is 6.11. The molecule has 19 heavy (non-hydrogen) atoms. The summed E-state index contributed by atoms with van der Waals surface area (Å²) in [5.74, 6) is 1.73. The molecule has 1 saturated heterocycles. The van der Waals surface area contributed by atoms with Crippen molar-refractivity contribution < 1.29 is 0 Å². The molecule has 1 aliphatic rings. The summed E-state index contributed by atoms with van der Waals surface area (Å²) in [5.41, 5.74) is 7.97. The Labute approximate surface area is 113 Å². The van der Waals surface area contributed by atoms with Gasteiger partial charge in [0.15, 0.2) is 0 Å². The molecule has 1 aliphatic heterocycles. The van der Waals surface area contributed by atoms with Gasteiger partial charge in [0.25, 0.3) is 0 Å². The van der Waals surface area contributed by atoms with Crippen LogP contribution in [0.4, 0.5) is 5.69 Å². The molecule has 4 nitrogen and oxygen atoms in total. The van der Waals surface area contributed by atoms with Crippen LogP contribution in [0.25, 0.3) is 0 Å². The number of nitrogens with zero attached hydrogens (tertiary/aromatic N) is 2. The topological polar surface area (TPSA) is 57.9 Å². The van der Waals surface area contributed by atoms with Crippen molar-refractivity contribution in [3.05, 3.63) is 48.0 Å². The van der Waals surface area contributed by atoms with E-state index in [4.69, 9.17) is 5.73 Å². The number of likely N-dealkylation sites (tertiary alicyclic amines) is 1. The van der Waals surface area contributed by atoms with Crippen molar-refractivity contribution >= 4 is 5.69 Å². The molecular formula is C15H20N4. The second kappa shape index (κ2) is 5.45. The second-order valence-electron chi connectivity index (χ2n) is 5.27. The summed E-state index contributed by atoms with van der Waals surface area (Å²) in [6.45, 7) is 3.25. The molecule has 0 spiro atoms. The molecule has 0 radical (unpaired) electrons. The summed E-state index contributed by atoms with van der Waals surface area (Å²) < 4.78 is 0. The Balaban J connectivity index is 1.56. The lowest BCUT2D eigenvalue weighted by Crippen LogP contribution is -2.32. The van der Waals surface area contributed by atoms with Crippen LogP contribution in [0.2, 0.25) is 0 Å². The number of imidazole rings is 1. The molecule has 2 aromatic rings. The third-order valence-corrected chi connectivity index (χ3v) is 3.85. The zero-order valence-electron chi connectivity index (χ0n) is 11.0. The van der Waals surface area contributed by atoms with Crippen LogP contribution in [0.3, 0.4) is 0 Å². The number of piperidine rings is 1. The first-order valence-corrected chi connectivity index (χ1v) is 6.87. The van der Waals surface area contributed by atoms with Crippen molar-refractivity contribution in [3.63, 3.8) is 0 Å². The number of rotatable bonds is 3. The molecule has 2 heterocycles. The van der Waals surface area contributed by atoms with Gasteiger partial charge in [-0.15, -0.1) is 0 Å². The van der Waals surface area contributed by atoms with Crippen LogP contribution in [0.15, 0.2) is 36.7 Å². The van der Waals surface area contributed by atoms with Crippen molar-refractivity contribution in [2.24, 2.45) is 0 Å². The third-order valence-electron chi connectivity index (χ3n) is 3.85. The van der Waals surface area contributed by atoms with Gasteiger partial charge in [0.1, 0.15) is 5.82 Å². The zero-order valence-corrected chi connectivity index (χ0v) is 11.0. The van der Waals surface area contributed by atoms with E-state index < -0.39 is 0 Å². The second-order valence-corrected chi connectivity index (χ2v) is 5.27. The SMILES string of the molecule is Nc1cccc(CN2CCC(c3ncc[nH]3)CC2)c1. The van der Waals surface area contributed by atoms with Gasteiger partial charge in [-0.2, -0.15) is 0 Å². The van der Waals surface area contributed by atoms with Crippen molar-refractivity contribution in [2.45, 2.75) is 25.3 Å². The molecule has 0 bridgehead atoms. The first kappa shape index (κ1) is 12.2. The minimum Gasteiger partial charge on any atom is -0.399 e. The van der Waals surface area contributed by atoms with Crippen molar-refractivity contribution in [1.82, 2.24) is 14.9 Å². The van der Waals surface area contributed by atoms with Gasteiger partial charge >= 0.3 is 0 Å². The third kappa shape index (κ3) is 2.96. The van der Waals surface area contributed by atoms with E-state index in [1.165, 1.54) is 18.4 Å². The predicted octanol–water partition coefficient (Wildman–Crippen LogP) is 2.37. The lowest BCUT2D eigenvalue weighted by Gasteiger charge is -2.31. The fraction of sp³-hybridized carbons (Fsp3) is 0.400. The van der Waals surface area contributed by atoms with Crippen molar-refractivity contribution in [3.8, 4) is 0 Å². The van der Waals surface area contributed by atoms with E-state index in [2.05, 4.69) is 27.0 Å². The Morgan fingerprint density at radius 1 is 1.32 bits per heavy atom. The molecule has 0 aliphatic carbocycles. The molecule has 1 fully saturated rings. The molecular weight excluding hydrogens is 236 g/mol. The van der Waals surface area contributed by atoms with E-state index in [0.29, 0.717) is 5.92 Å². The summed E-state index contributed by atoms with van der Waals surface area (Å²) in [6, 6.07) is 8.18. The van der Waals surface area contributed by atoms with Crippen LogP contribution >= 0.6 is 0 Å². The minimum atomic E-state index is 0.590. The van der Waals surface area contributed by atoms with Crippen LogP contribution in [0.5, 0.6) is 0 Å². The number of anilines is 1. The van der Waals surface area contributed by atoms with Crippen LogP contribution < -0.4 is 5.73 Å². The van der Waals surface area contributed by atoms with Crippen LogP contribution in [0.1, 0.15) is 30.1 Å². The maximum atomic E-state index is 5.82. The highest BCUT2D eigenvalue weighted by Gasteiger charge is 2.21. The van der Waals surface area contributed by atoms with Crippen LogP contribution in [0, 0.1) is 0 Å². The van der Waals surface area contributed by atoms with Crippen LogP contribution in [-0.2, 0) is 6.54 Å². The van der Waals surface area contributed by atoms with Crippen molar-refractivity contribution in [1.29, 1.82) is 0 Å². The average molecular weight is 256 g/mol. The summed E-state index contributed by atoms with van der Waals surface area (Å²) in [5, 5.41) is 0. The Hall–Kier alpha value is -1.81. The monoisotopic (exact) mass is 256 g/mol. The average Bonchev–Trinajstić information content (AvgIpc) is 2.94. The summed E-state index contributed by atoms with van der Waals surface area (Å²) >= 11 is 0. The van der Waals surface area contributed by atoms with Gasteiger partial charge in [0.2, 0.25) is 0 Å². The first-order valence-electron chi connectivity index (χ1n) is 6.87. The van der Waals surface area contributed by atoms with Gasteiger partial charge in [-0.25, -0.2) is 4.98 Å². The van der Waals surface area contributed by atoms with E-state index in [1.54, 1.807) is 0 Å². The Morgan fingerprint density at radius 2 is 2.16 bits per heavy atom. The fourth-order valence-corrected chi connectivity index (χ4v) is 2.81. The molecule has 100 valence electrons. The number of nitrogens with two attached hydrogens (primary N) is 1. The van der Waals surface area contributed by atoms with E-state index in [1.807, 2.05) is 24.5 Å². The smallest absolute Gasteiger partial charge is 0.109 e. The predicted molar refractivity (Wildman–Crippen MR) is 76.7 cm³/mol. The number of aromatic nitrogens is 2.